The average Bonchev–Trinajstić information content (AvgIpc) is 3.13. The number of aliphatic hydroxyl groups is 1. The monoisotopic (exact) mass is 256 g/mol. The summed E-state index contributed by atoms with van der Waals surface area (Å²) in [6, 6.07) is 3.58. The van der Waals surface area contributed by atoms with E-state index in [1.54, 1.807) is 13.2 Å². The normalized spacial score (nSPS) is 16.7. The summed E-state index contributed by atoms with van der Waals surface area (Å²) in [5, 5.41) is 9.87. The topological polar surface area (TPSA) is 38.7 Å². The van der Waals surface area contributed by atoms with Crippen molar-refractivity contribution < 1.29 is 14.6 Å². The summed E-state index contributed by atoms with van der Waals surface area (Å²) in [7, 11) is 1.60. The van der Waals surface area contributed by atoms with Crippen LogP contribution in [-0.2, 0) is 0 Å². The summed E-state index contributed by atoms with van der Waals surface area (Å²) in [6.45, 7) is 2.00. The lowest BCUT2D eigenvalue weighted by atomic mass is 10.0. The molecule has 1 atom stereocenters. The van der Waals surface area contributed by atoms with Crippen molar-refractivity contribution in [2.75, 3.05) is 13.7 Å². The van der Waals surface area contributed by atoms with Crippen LogP contribution in [-0.4, -0.2) is 24.9 Å². The van der Waals surface area contributed by atoms with Gasteiger partial charge in [-0.05, 0) is 18.9 Å². The minimum absolute atomic E-state index is 0.0173. The number of hydrogen-bond acceptors (Lipinski definition) is 3. The van der Waals surface area contributed by atoms with Gasteiger partial charge in [-0.25, -0.2) is 0 Å². The lowest BCUT2D eigenvalue weighted by Crippen LogP contribution is -2.07. The summed E-state index contributed by atoms with van der Waals surface area (Å²) in [6.07, 6.45) is 2.45. The number of halogens is 1. The van der Waals surface area contributed by atoms with Crippen molar-refractivity contribution in [1.29, 1.82) is 0 Å². The summed E-state index contributed by atoms with van der Waals surface area (Å²) in [5.74, 6) is 1.34. The molecule has 1 aliphatic rings. The Hall–Kier alpha value is -0.930. The van der Waals surface area contributed by atoms with Crippen molar-refractivity contribution in [1.82, 2.24) is 0 Å². The zero-order valence-electron chi connectivity index (χ0n) is 10.1. The minimum Gasteiger partial charge on any atom is -0.493 e. The molecule has 0 spiro atoms. The third-order valence-corrected chi connectivity index (χ3v) is 3.10. The van der Waals surface area contributed by atoms with Gasteiger partial charge < -0.3 is 14.6 Å². The van der Waals surface area contributed by atoms with E-state index < -0.39 is 0 Å². The van der Waals surface area contributed by atoms with Crippen LogP contribution in [0.1, 0.15) is 31.2 Å². The van der Waals surface area contributed by atoms with Crippen LogP contribution in [0.4, 0.5) is 0 Å². The van der Waals surface area contributed by atoms with E-state index in [-0.39, 0.29) is 18.6 Å². The highest BCUT2D eigenvalue weighted by Crippen LogP contribution is 2.41. The molecule has 1 aromatic carbocycles. The van der Waals surface area contributed by atoms with E-state index >= 15 is 0 Å². The Balaban J connectivity index is 2.40. The molecule has 0 radical (unpaired) electrons. The first-order valence-electron chi connectivity index (χ1n) is 5.80. The van der Waals surface area contributed by atoms with Crippen molar-refractivity contribution in [2.24, 2.45) is 0 Å². The number of hydrogen-bond donors (Lipinski definition) is 1. The fraction of sp³-hybridized carbons (Fsp3) is 0.538. The quantitative estimate of drug-likeness (QED) is 0.880. The molecule has 2 rings (SSSR count). The Morgan fingerprint density at radius 1 is 1.47 bits per heavy atom. The molecule has 0 heterocycles. The Bertz CT molecular complexity index is 402. The molecule has 1 N–H and O–H groups in total. The van der Waals surface area contributed by atoms with Crippen molar-refractivity contribution in [3.05, 3.63) is 22.7 Å². The standard InChI is InChI=1S/C13H17ClO3/c1-8(7-15)11-5-9(14)6-12(16-2)13(11)17-10-3-4-10/h5-6,8,10,15H,3-4,7H2,1-2H3. The van der Waals surface area contributed by atoms with Gasteiger partial charge in [0.15, 0.2) is 11.5 Å². The van der Waals surface area contributed by atoms with E-state index in [9.17, 15) is 5.11 Å². The van der Waals surface area contributed by atoms with Gasteiger partial charge in [-0.15, -0.1) is 0 Å². The van der Waals surface area contributed by atoms with E-state index in [0.29, 0.717) is 10.8 Å². The first kappa shape index (κ1) is 12.5. The van der Waals surface area contributed by atoms with Crippen molar-refractivity contribution in [2.45, 2.75) is 31.8 Å². The molecule has 0 amide bonds. The average molecular weight is 257 g/mol. The van der Waals surface area contributed by atoms with Gasteiger partial charge in [-0.1, -0.05) is 18.5 Å². The molecule has 0 aliphatic heterocycles. The number of methoxy groups -OCH3 is 1. The maximum Gasteiger partial charge on any atom is 0.165 e. The van der Waals surface area contributed by atoms with Crippen LogP contribution in [0.25, 0.3) is 0 Å². The van der Waals surface area contributed by atoms with Gasteiger partial charge in [0, 0.05) is 29.2 Å². The second-order valence-corrected chi connectivity index (χ2v) is 4.86. The second kappa shape index (κ2) is 5.15. The molecule has 1 saturated carbocycles. The van der Waals surface area contributed by atoms with E-state index in [4.69, 9.17) is 21.1 Å². The summed E-state index contributed by atoms with van der Waals surface area (Å²) >= 11 is 6.04. The fourth-order valence-electron chi connectivity index (χ4n) is 1.68. The van der Waals surface area contributed by atoms with Crippen LogP contribution >= 0.6 is 11.6 Å². The molecule has 0 bridgehead atoms. The Labute approximate surface area is 106 Å². The van der Waals surface area contributed by atoms with Crippen LogP contribution in [0.3, 0.4) is 0 Å². The summed E-state index contributed by atoms with van der Waals surface area (Å²) in [4.78, 5) is 0. The zero-order chi connectivity index (χ0) is 12.4. The van der Waals surface area contributed by atoms with Gasteiger partial charge in [0.1, 0.15) is 0 Å². The first-order chi connectivity index (χ1) is 8.15. The van der Waals surface area contributed by atoms with Gasteiger partial charge in [-0.2, -0.15) is 0 Å². The molecule has 1 fully saturated rings. The molecule has 17 heavy (non-hydrogen) atoms. The van der Waals surface area contributed by atoms with Gasteiger partial charge in [0.05, 0.1) is 13.2 Å². The molecule has 3 nitrogen and oxygen atoms in total. The van der Waals surface area contributed by atoms with Gasteiger partial charge in [0.25, 0.3) is 0 Å². The third kappa shape index (κ3) is 2.85. The van der Waals surface area contributed by atoms with Crippen molar-refractivity contribution >= 4 is 11.6 Å². The van der Waals surface area contributed by atoms with Crippen LogP contribution in [0.15, 0.2) is 12.1 Å². The number of benzene rings is 1. The predicted molar refractivity (Wildman–Crippen MR) is 67.2 cm³/mol. The molecule has 1 unspecified atom stereocenters. The third-order valence-electron chi connectivity index (χ3n) is 2.88. The van der Waals surface area contributed by atoms with Crippen LogP contribution in [0, 0.1) is 0 Å². The molecule has 4 heteroatoms. The highest BCUT2D eigenvalue weighted by molar-refractivity contribution is 6.30. The second-order valence-electron chi connectivity index (χ2n) is 4.43. The van der Waals surface area contributed by atoms with Crippen LogP contribution < -0.4 is 9.47 Å². The SMILES string of the molecule is COc1cc(Cl)cc(C(C)CO)c1OC1CC1. The highest BCUT2D eigenvalue weighted by atomic mass is 35.5. The molecule has 94 valence electrons. The first-order valence-corrected chi connectivity index (χ1v) is 6.18. The smallest absolute Gasteiger partial charge is 0.165 e. The maximum atomic E-state index is 9.28. The summed E-state index contributed by atoms with van der Waals surface area (Å²) in [5.41, 5.74) is 0.906. The highest BCUT2D eigenvalue weighted by Gasteiger charge is 2.27. The molecule has 0 saturated heterocycles. The van der Waals surface area contributed by atoms with E-state index in [1.807, 2.05) is 13.0 Å². The lowest BCUT2D eigenvalue weighted by molar-refractivity contribution is 0.255. The van der Waals surface area contributed by atoms with E-state index in [0.717, 1.165) is 24.2 Å². The minimum atomic E-state index is -0.0173. The van der Waals surface area contributed by atoms with Gasteiger partial charge >= 0.3 is 0 Å². The molecule has 1 aromatic rings. The Kier molecular flexibility index (Phi) is 3.79. The van der Waals surface area contributed by atoms with E-state index in [1.165, 1.54) is 0 Å². The lowest BCUT2D eigenvalue weighted by Gasteiger charge is -2.18. The fourth-order valence-corrected chi connectivity index (χ4v) is 1.90. The Morgan fingerprint density at radius 3 is 2.71 bits per heavy atom. The Morgan fingerprint density at radius 2 is 2.18 bits per heavy atom. The number of ether oxygens (including phenoxy) is 2. The molecule has 0 aromatic heterocycles. The van der Waals surface area contributed by atoms with E-state index in [2.05, 4.69) is 0 Å². The molecular formula is C13H17ClO3. The van der Waals surface area contributed by atoms with Crippen molar-refractivity contribution in [3.8, 4) is 11.5 Å². The molecule has 1 aliphatic carbocycles. The molecular weight excluding hydrogens is 240 g/mol. The summed E-state index contributed by atoms with van der Waals surface area (Å²) < 4.78 is 11.2. The van der Waals surface area contributed by atoms with Gasteiger partial charge in [-0.3, -0.25) is 0 Å². The van der Waals surface area contributed by atoms with Crippen LogP contribution in [0.2, 0.25) is 5.02 Å². The number of rotatable bonds is 5. The number of aliphatic hydroxyl groups excluding tert-OH is 1. The van der Waals surface area contributed by atoms with Crippen molar-refractivity contribution in [3.63, 3.8) is 0 Å². The van der Waals surface area contributed by atoms with Gasteiger partial charge in [0.2, 0.25) is 0 Å². The predicted octanol–water partition coefficient (Wildman–Crippen LogP) is 2.99. The largest absolute Gasteiger partial charge is 0.493 e. The van der Waals surface area contributed by atoms with Crippen LogP contribution in [0.5, 0.6) is 11.5 Å². The zero-order valence-corrected chi connectivity index (χ0v) is 10.8. The maximum absolute atomic E-state index is 9.28.